The Labute approximate surface area is 119 Å². The fraction of sp³-hybridized carbons (Fsp3) is 0.500. The Morgan fingerprint density at radius 1 is 1.15 bits per heavy atom. The molecule has 1 aliphatic heterocycles. The summed E-state index contributed by atoms with van der Waals surface area (Å²) in [6, 6.07) is 10.5. The average molecular weight is 268 g/mol. The number of aromatic nitrogens is 2. The van der Waals surface area contributed by atoms with Crippen molar-refractivity contribution in [3.05, 3.63) is 30.1 Å². The third kappa shape index (κ3) is 2.68. The monoisotopic (exact) mass is 268 g/mol. The van der Waals surface area contributed by atoms with Crippen molar-refractivity contribution in [3.8, 4) is 6.07 Å². The molecule has 1 fully saturated rings. The van der Waals surface area contributed by atoms with Gasteiger partial charge in [0.1, 0.15) is 5.82 Å². The third-order valence-electron chi connectivity index (χ3n) is 3.99. The van der Waals surface area contributed by atoms with Crippen molar-refractivity contribution in [1.29, 1.82) is 5.26 Å². The molecule has 0 bridgehead atoms. The van der Waals surface area contributed by atoms with Crippen molar-refractivity contribution in [2.45, 2.75) is 38.8 Å². The van der Waals surface area contributed by atoms with E-state index in [9.17, 15) is 0 Å². The number of benzene rings is 1. The smallest absolute Gasteiger partial charge is 0.124 e. The van der Waals surface area contributed by atoms with Crippen LogP contribution in [0.3, 0.4) is 0 Å². The van der Waals surface area contributed by atoms with Crippen LogP contribution in [0.2, 0.25) is 0 Å². The summed E-state index contributed by atoms with van der Waals surface area (Å²) >= 11 is 0. The molecular formula is C16H20N4. The SMILES string of the molecule is N#CCCn1c(CN2CCCCC2)nc2ccccc21. The van der Waals surface area contributed by atoms with Gasteiger partial charge in [-0.25, -0.2) is 4.98 Å². The van der Waals surface area contributed by atoms with Crippen molar-refractivity contribution in [2.24, 2.45) is 0 Å². The van der Waals surface area contributed by atoms with Gasteiger partial charge in [0.05, 0.1) is 30.1 Å². The molecule has 0 aliphatic carbocycles. The number of nitriles is 1. The highest BCUT2D eigenvalue weighted by Crippen LogP contribution is 2.19. The maximum atomic E-state index is 8.86. The summed E-state index contributed by atoms with van der Waals surface area (Å²) in [6.07, 6.45) is 4.46. The number of fused-ring (bicyclic) bond motifs is 1. The van der Waals surface area contributed by atoms with Crippen molar-refractivity contribution in [3.63, 3.8) is 0 Å². The van der Waals surface area contributed by atoms with Gasteiger partial charge in [0, 0.05) is 6.54 Å². The van der Waals surface area contributed by atoms with Crippen LogP contribution in [0.25, 0.3) is 11.0 Å². The van der Waals surface area contributed by atoms with Gasteiger partial charge in [0.15, 0.2) is 0 Å². The molecule has 0 unspecified atom stereocenters. The molecule has 0 saturated carbocycles. The molecule has 4 heteroatoms. The van der Waals surface area contributed by atoms with Crippen LogP contribution < -0.4 is 0 Å². The maximum absolute atomic E-state index is 8.86. The number of hydrogen-bond donors (Lipinski definition) is 0. The maximum Gasteiger partial charge on any atom is 0.124 e. The second-order valence-corrected chi connectivity index (χ2v) is 5.41. The molecule has 1 aromatic carbocycles. The lowest BCUT2D eigenvalue weighted by molar-refractivity contribution is 0.213. The Bertz CT molecular complexity index is 617. The summed E-state index contributed by atoms with van der Waals surface area (Å²) in [6.45, 7) is 3.98. The third-order valence-corrected chi connectivity index (χ3v) is 3.99. The van der Waals surface area contributed by atoms with E-state index in [2.05, 4.69) is 27.7 Å². The first-order valence-electron chi connectivity index (χ1n) is 7.42. The predicted molar refractivity (Wildman–Crippen MR) is 79.1 cm³/mol. The van der Waals surface area contributed by atoms with E-state index in [1.54, 1.807) is 0 Å². The molecule has 104 valence electrons. The van der Waals surface area contributed by atoms with Gasteiger partial charge >= 0.3 is 0 Å². The highest BCUT2D eigenvalue weighted by Gasteiger charge is 2.15. The molecule has 2 heterocycles. The largest absolute Gasteiger partial charge is 0.326 e. The van der Waals surface area contributed by atoms with Crippen LogP contribution in [0.5, 0.6) is 0 Å². The molecule has 0 amide bonds. The van der Waals surface area contributed by atoms with Crippen LogP contribution in [0.15, 0.2) is 24.3 Å². The van der Waals surface area contributed by atoms with Crippen LogP contribution >= 0.6 is 0 Å². The van der Waals surface area contributed by atoms with Gasteiger partial charge in [-0.3, -0.25) is 4.90 Å². The average Bonchev–Trinajstić information content (AvgIpc) is 2.83. The molecule has 0 radical (unpaired) electrons. The van der Waals surface area contributed by atoms with Gasteiger partial charge in [-0.2, -0.15) is 5.26 Å². The van der Waals surface area contributed by atoms with E-state index < -0.39 is 0 Å². The number of rotatable bonds is 4. The van der Waals surface area contributed by atoms with E-state index in [1.807, 2.05) is 12.1 Å². The first-order valence-corrected chi connectivity index (χ1v) is 7.42. The molecule has 1 saturated heterocycles. The molecule has 20 heavy (non-hydrogen) atoms. The van der Waals surface area contributed by atoms with Gasteiger partial charge in [-0.15, -0.1) is 0 Å². The van der Waals surface area contributed by atoms with Crippen LogP contribution in [0, 0.1) is 11.3 Å². The quantitative estimate of drug-likeness (QED) is 0.856. The lowest BCUT2D eigenvalue weighted by Gasteiger charge is -2.26. The van der Waals surface area contributed by atoms with Crippen LogP contribution in [0.1, 0.15) is 31.5 Å². The summed E-state index contributed by atoms with van der Waals surface area (Å²) < 4.78 is 2.22. The first kappa shape index (κ1) is 13.1. The molecule has 0 spiro atoms. The fourth-order valence-corrected chi connectivity index (χ4v) is 2.97. The van der Waals surface area contributed by atoms with Gasteiger partial charge in [-0.05, 0) is 38.1 Å². The predicted octanol–water partition coefficient (Wildman–Crippen LogP) is 2.94. The minimum atomic E-state index is 0.535. The number of nitrogens with zero attached hydrogens (tertiary/aromatic N) is 4. The zero-order valence-electron chi connectivity index (χ0n) is 11.8. The van der Waals surface area contributed by atoms with Crippen molar-refractivity contribution < 1.29 is 0 Å². The highest BCUT2D eigenvalue weighted by molar-refractivity contribution is 5.75. The lowest BCUT2D eigenvalue weighted by atomic mass is 10.1. The van der Waals surface area contributed by atoms with Crippen molar-refractivity contribution in [1.82, 2.24) is 14.5 Å². The molecule has 4 nitrogen and oxygen atoms in total. The summed E-state index contributed by atoms with van der Waals surface area (Å²) in [5.74, 6) is 1.10. The number of para-hydroxylation sites is 2. The van der Waals surface area contributed by atoms with E-state index in [0.29, 0.717) is 6.42 Å². The van der Waals surface area contributed by atoms with E-state index in [4.69, 9.17) is 10.2 Å². The van der Waals surface area contributed by atoms with Gasteiger partial charge in [0.2, 0.25) is 0 Å². The highest BCUT2D eigenvalue weighted by atomic mass is 15.2. The molecule has 3 rings (SSSR count). The number of likely N-dealkylation sites (tertiary alicyclic amines) is 1. The Kier molecular flexibility index (Phi) is 3.98. The molecule has 2 aromatic rings. The zero-order valence-corrected chi connectivity index (χ0v) is 11.8. The zero-order chi connectivity index (χ0) is 13.8. The van der Waals surface area contributed by atoms with E-state index in [1.165, 1.54) is 32.4 Å². The second-order valence-electron chi connectivity index (χ2n) is 5.41. The van der Waals surface area contributed by atoms with Crippen LogP contribution in [0.4, 0.5) is 0 Å². The minimum Gasteiger partial charge on any atom is -0.326 e. The van der Waals surface area contributed by atoms with Crippen molar-refractivity contribution >= 4 is 11.0 Å². The molecule has 1 aliphatic rings. The lowest BCUT2D eigenvalue weighted by Crippen LogP contribution is -2.30. The number of imidazole rings is 1. The molecule has 0 N–H and O–H groups in total. The van der Waals surface area contributed by atoms with Gasteiger partial charge in [0.25, 0.3) is 0 Å². The number of aryl methyl sites for hydroxylation is 1. The summed E-state index contributed by atoms with van der Waals surface area (Å²) in [5.41, 5.74) is 2.19. The standard InChI is InChI=1S/C16H20N4/c17-9-6-12-20-15-8-3-2-7-14(15)18-16(20)13-19-10-4-1-5-11-19/h2-3,7-8H,1,4-6,10-13H2. The second kappa shape index (κ2) is 6.06. The molecule has 1 aromatic heterocycles. The van der Waals surface area contributed by atoms with Gasteiger partial charge in [-0.1, -0.05) is 18.6 Å². The summed E-state index contributed by atoms with van der Waals surface area (Å²) in [5, 5.41) is 8.86. The van der Waals surface area contributed by atoms with E-state index >= 15 is 0 Å². The summed E-state index contributed by atoms with van der Waals surface area (Å²) in [7, 11) is 0. The van der Waals surface area contributed by atoms with E-state index in [0.717, 1.165) is 29.9 Å². The Morgan fingerprint density at radius 2 is 1.95 bits per heavy atom. The van der Waals surface area contributed by atoms with Crippen LogP contribution in [-0.2, 0) is 13.1 Å². The Morgan fingerprint density at radius 3 is 2.75 bits per heavy atom. The number of piperidine rings is 1. The molecule has 0 atom stereocenters. The van der Waals surface area contributed by atoms with Gasteiger partial charge < -0.3 is 4.57 Å². The first-order chi connectivity index (χ1) is 9.88. The van der Waals surface area contributed by atoms with Crippen LogP contribution in [-0.4, -0.2) is 27.5 Å². The summed E-state index contributed by atoms with van der Waals surface area (Å²) in [4.78, 5) is 7.25. The fourth-order valence-electron chi connectivity index (χ4n) is 2.97. The Hall–Kier alpha value is -1.86. The number of hydrogen-bond acceptors (Lipinski definition) is 3. The Balaban J connectivity index is 1.89. The van der Waals surface area contributed by atoms with Crippen molar-refractivity contribution in [2.75, 3.05) is 13.1 Å². The molecular weight excluding hydrogens is 248 g/mol. The normalized spacial score (nSPS) is 16.4. The topological polar surface area (TPSA) is 44.9 Å². The minimum absolute atomic E-state index is 0.535. The van der Waals surface area contributed by atoms with E-state index in [-0.39, 0.29) is 0 Å².